The van der Waals surface area contributed by atoms with Gasteiger partial charge < -0.3 is 10.2 Å². The summed E-state index contributed by atoms with van der Waals surface area (Å²) in [6.07, 6.45) is 4.95. The lowest BCUT2D eigenvalue weighted by Crippen LogP contribution is -3.05. The first-order valence-corrected chi connectivity index (χ1v) is 8.71. The average Bonchev–Trinajstić information content (AvgIpc) is 3.11. The number of aryl methyl sites for hydroxylation is 2. The maximum absolute atomic E-state index is 4.72. The minimum Gasteiger partial charge on any atom is -0.361 e. The van der Waals surface area contributed by atoms with Gasteiger partial charge in [-0.3, -0.25) is 0 Å². The molecule has 1 aliphatic carbocycles. The van der Waals surface area contributed by atoms with Crippen LogP contribution in [0.5, 0.6) is 0 Å². The number of quaternary nitrogens is 1. The second-order valence-corrected chi connectivity index (χ2v) is 6.97. The Morgan fingerprint density at radius 1 is 1.24 bits per heavy atom. The van der Waals surface area contributed by atoms with Crippen molar-refractivity contribution in [1.82, 2.24) is 4.98 Å². The quantitative estimate of drug-likeness (QED) is 0.802. The van der Waals surface area contributed by atoms with Crippen LogP contribution in [0.15, 0.2) is 23.6 Å². The van der Waals surface area contributed by atoms with Crippen molar-refractivity contribution < 1.29 is 4.90 Å². The van der Waals surface area contributed by atoms with Gasteiger partial charge in [0, 0.05) is 23.9 Å². The second kappa shape index (κ2) is 6.58. The fraction of sp³-hybridized carbons (Fsp3) is 0.471. The number of hydrogen-bond acceptors (Lipinski definition) is 3. The average molecular weight is 302 g/mol. The smallest absolute Gasteiger partial charge is 0.183 e. The Morgan fingerprint density at radius 2 is 2.10 bits per heavy atom. The van der Waals surface area contributed by atoms with Gasteiger partial charge in [0.2, 0.25) is 0 Å². The number of nitrogens with zero attached hydrogens (tertiary/aromatic N) is 1. The Kier molecular flexibility index (Phi) is 4.56. The molecule has 2 aromatic rings. The molecule has 112 valence electrons. The Labute approximate surface area is 131 Å². The molecule has 0 radical (unpaired) electrons. The summed E-state index contributed by atoms with van der Waals surface area (Å²) >= 11 is 1.71. The highest BCUT2D eigenvalue weighted by Gasteiger charge is 2.12. The van der Waals surface area contributed by atoms with Crippen molar-refractivity contribution in [3.63, 3.8) is 0 Å². The topological polar surface area (TPSA) is 29.4 Å². The van der Waals surface area contributed by atoms with Gasteiger partial charge in [-0.05, 0) is 36.5 Å². The maximum Gasteiger partial charge on any atom is 0.183 e. The van der Waals surface area contributed by atoms with Crippen LogP contribution in [-0.2, 0) is 12.8 Å². The van der Waals surface area contributed by atoms with Crippen molar-refractivity contribution in [2.75, 3.05) is 32.5 Å². The van der Waals surface area contributed by atoms with Crippen molar-refractivity contribution in [1.29, 1.82) is 0 Å². The van der Waals surface area contributed by atoms with Crippen molar-refractivity contribution in [3.05, 3.63) is 34.7 Å². The molecular weight excluding hydrogens is 278 g/mol. The van der Waals surface area contributed by atoms with Crippen molar-refractivity contribution in [2.24, 2.45) is 0 Å². The molecule has 2 N–H and O–H groups in total. The van der Waals surface area contributed by atoms with Gasteiger partial charge in [0.1, 0.15) is 0 Å². The number of aromatic nitrogens is 1. The van der Waals surface area contributed by atoms with Crippen molar-refractivity contribution in [2.45, 2.75) is 25.7 Å². The van der Waals surface area contributed by atoms with Crippen LogP contribution in [-0.4, -0.2) is 32.2 Å². The van der Waals surface area contributed by atoms with Gasteiger partial charge in [0.15, 0.2) is 5.13 Å². The third-order valence-electron chi connectivity index (χ3n) is 4.03. The van der Waals surface area contributed by atoms with E-state index in [1.807, 2.05) is 0 Å². The highest BCUT2D eigenvalue weighted by atomic mass is 32.1. The fourth-order valence-corrected chi connectivity index (χ4v) is 3.60. The van der Waals surface area contributed by atoms with E-state index in [2.05, 4.69) is 43.0 Å². The second-order valence-electron chi connectivity index (χ2n) is 6.11. The molecule has 0 bridgehead atoms. The molecule has 0 aliphatic heterocycles. The van der Waals surface area contributed by atoms with E-state index < -0.39 is 0 Å². The molecule has 21 heavy (non-hydrogen) atoms. The molecule has 0 saturated carbocycles. The number of benzene rings is 1. The van der Waals surface area contributed by atoms with Gasteiger partial charge in [-0.15, -0.1) is 11.3 Å². The summed E-state index contributed by atoms with van der Waals surface area (Å²) in [5.41, 5.74) is 5.41. The maximum atomic E-state index is 4.72. The number of thiazole rings is 1. The summed E-state index contributed by atoms with van der Waals surface area (Å²) in [5.74, 6) is 0. The lowest BCUT2D eigenvalue weighted by atomic mass is 10.1. The van der Waals surface area contributed by atoms with E-state index in [-0.39, 0.29) is 0 Å². The zero-order valence-electron chi connectivity index (χ0n) is 12.9. The molecule has 1 heterocycles. The summed E-state index contributed by atoms with van der Waals surface area (Å²) in [4.78, 5) is 6.22. The minimum absolute atomic E-state index is 1.00. The van der Waals surface area contributed by atoms with Crippen molar-refractivity contribution in [3.8, 4) is 11.3 Å². The lowest BCUT2D eigenvalue weighted by molar-refractivity contribution is -0.858. The van der Waals surface area contributed by atoms with E-state index in [4.69, 9.17) is 4.98 Å². The Bertz CT molecular complexity index is 604. The van der Waals surface area contributed by atoms with Crippen LogP contribution in [0.1, 0.15) is 24.0 Å². The summed E-state index contributed by atoms with van der Waals surface area (Å²) in [7, 11) is 4.38. The number of anilines is 1. The van der Waals surface area contributed by atoms with Gasteiger partial charge in [0.25, 0.3) is 0 Å². The van der Waals surface area contributed by atoms with Crippen LogP contribution in [0.2, 0.25) is 0 Å². The summed E-state index contributed by atoms with van der Waals surface area (Å²) in [5, 5.41) is 6.64. The standard InChI is InChI=1S/C17H23N3S/c1-20(2)10-4-9-18-17-19-16(12-21-17)15-8-7-13-5-3-6-14(13)11-15/h7-8,11-12H,3-6,9-10H2,1-2H3,(H,18,19)/p+1. The minimum atomic E-state index is 1.00. The molecular formula is C17H24N3S+. The Hall–Kier alpha value is -1.39. The van der Waals surface area contributed by atoms with Crippen LogP contribution in [0.3, 0.4) is 0 Å². The van der Waals surface area contributed by atoms with E-state index in [1.54, 1.807) is 11.3 Å². The van der Waals surface area contributed by atoms with Gasteiger partial charge in [-0.2, -0.15) is 0 Å². The highest BCUT2D eigenvalue weighted by Crippen LogP contribution is 2.29. The molecule has 1 aliphatic rings. The summed E-state index contributed by atoms with van der Waals surface area (Å²) in [6, 6.07) is 6.83. The number of hydrogen-bond donors (Lipinski definition) is 2. The highest BCUT2D eigenvalue weighted by molar-refractivity contribution is 7.14. The van der Waals surface area contributed by atoms with Gasteiger partial charge in [-0.1, -0.05) is 12.1 Å². The monoisotopic (exact) mass is 302 g/mol. The first-order chi connectivity index (χ1) is 10.2. The zero-order chi connectivity index (χ0) is 14.7. The van der Waals surface area contributed by atoms with E-state index >= 15 is 0 Å². The summed E-state index contributed by atoms with van der Waals surface area (Å²) in [6.45, 7) is 2.19. The predicted octanol–water partition coefficient (Wildman–Crippen LogP) is 2.25. The van der Waals surface area contributed by atoms with Crippen LogP contribution < -0.4 is 10.2 Å². The molecule has 0 unspecified atom stereocenters. The van der Waals surface area contributed by atoms with Gasteiger partial charge >= 0.3 is 0 Å². The number of nitrogens with one attached hydrogen (secondary N) is 2. The molecule has 0 saturated heterocycles. The van der Waals surface area contributed by atoms with Crippen LogP contribution in [0.4, 0.5) is 5.13 Å². The number of rotatable bonds is 6. The van der Waals surface area contributed by atoms with Crippen LogP contribution >= 0.6 is 11.3 Å². The van der Waals surface area contributed by atoms with Crippen LogP contribution in [0.25, 0.3) is 11.3 Å². The van der Waals surface area contributed by atoms with E-state index in [0.29, 0.717) is 0 Å². The Morgan fingerprint density at radius 3 is 2.95 bits per heavy atom. The first kappa shape index (κ1) is 14.5. The third kappa shape index (κ3) is 3.63. The molecule has 0 amide bonds. The van der Waals surface area contributed by atoms with E-state index in [9.17, 15) is 0 Å². The lowest BCUT2D eigenvalue weighted by Gasteiger charge is -2.06. The number of fused-ring (bicyclic) bond motifs is 1. The third-order valence-corrected chi connectivity index (χ3v) is 4.83. The molecule has 1 aromatic carbocycles. The molecule has 4 heteroatoms. The fourth-order valence-electron chi connectivity index (χ4n) is 2.86. The summed E-state index contributed by atoms with van der Waals surface area (Å²) < 4.78 is 0. The van der Waals surface area contributed by atoms with Crippen LogP contribution in [0, 0.1) is 0 Å². The first-order valence-electron chi connectivity index (χ1n) is 7.83. The van der Waals surface area contributed by atoms with Gasteiger partial charge in [-0.25, -0.2) is 4.98 Å². The molecule has 3 rings (SSSR count). The normalized spacial score (nSPS) is 13.7. The van der Waals surface area contributed by atoms with E-state index in [1.165, 1.54) is 53.8 Å². The van der Waals surface area contributed by atoms with E-state index in [0.717, 1.165) is 17.4 Å². The largest absolute Gasteiger partial charge is 0.361 e. The predicted molar refractivity (Wildman–Crippen MR) is 90.4 cm³/mol. The SMILES string of the molecule is C[NH+](C)CCCNc1nc(-c2ccc3c(c2)CCC3)cs1. The molecule has 3 nitrogen and oxygen atoms in total. The zero-order valence-corrected chi connectivity index (χ0v) is 13.7. The van der Waals surface area contributed by atoms with Gasteiger partial charge in [0.05, 0.1) is 26.3 Å². The molecule has 0 fully saturated rings. The molecule has 0 atom stereocenters. The van der Waals surface area contributed by atoms with Crippen molar-refractivity contribution >= 4 is 16.5 Å². The Balaban J connectivity index is 1.62. The molecule has 0 spiro atoms. The molecule has 1 aromatic heterocycles.